The maximum atomic E-state index is 5.93. The SMILES string of the molecule is [CH2-][NH2+]CCc1ccccc1OCCCN1CCCC1. The standard InChI is InChI=1S/C16H26N2O/c1-17-10-9-15-7-2-3-8-16(15)19-14-6-13-18-11-4-5-12-18/h2-3,7-8H,1,4-6,9-14,17H2. The highest BCUT2D eigenvalue weighted by Gasteiger charge is 2.10. The van der Waals surface area contributed by atoms with Crippen LogP contribution in [0.3, 0.4) is 0 Å². The summed E-state index contributed by atoms with van der Waals surface area (Å²) in [7, 11) is 3.78. The van der Waals surface area contributed by atoms with Gasteiger partial charge >= 0.3 is 0 Å². The summed E-state index contributed by atoms with van der Waals surface area (Å²) < 4.78 is 5.93. The van der Waals surface area contributed by atoms with E-state index in [0.29, 0.717) is 0 Å². The molecular formula is C16H26N2O. The fraction of sp³-hybridized carbons (Fsp3) is 0.562. The quantitative estimate of drug-likeness (QED) is 0.567. The van der Waals surface area contributed by atoms with Crippen LogP contribution in [0.2, 0.25) is 0 Å². The molecule has 1 aromatic carbocycles. The van der Waals surface area contributed by atoms with Crippen molar-refractivity contribution in [3.8, 4) is 5.75 Å². The van der Waals surface area contributed by atoms with E-state index in [-0.39, 0.29) is 0 Å². The number of hydrogen-bond acceptors (Lipinski definition) is 2. The zero-order valence-electron chi connectivity index (χ0n) is 11.8. The van der Waals surface area contributed by atoms with E-state index in [9.17, 15) is 0 Å². The lowest BCUT2D eigenvalue weighted by Crippen LogP contribution is -2.77. The van der Waals surface area contributed by atoms with E-state index in [0.717, 1.165) is 31.7 Å². The predicted octanol–water partition coefficient (Wildman–Crippen LogP) is 1.45. The average molecular weight is 262 g/mol. The van der Waals surface area contributed by atoms with Gasteiger partial charge in [-0.3, -0.25) is 0 Å². The normalized spacial score (nSPS) is 15.8. The summed E-state index contributed by atoms with van der Waals surface area (Å²) in [6.07, 6.45) is 4.87. The Labute approximate surface area is 116 Å². The van der Waals surface area contributed by atoms with Crippen LogP contribution in [0.1, 0.15) is 24.8 Å². The molecule has 3 heteroatoms. The van der Waals surface area contributed by atoms with E-state index in [1.807, 2.05) is 11.4 Å². The molecule has 1 aliphatic rings. The minimum Gasteiger partial charge on any atom is -0.493 e. The Bertz CT molecular complexity index is 362. The molecule has 0 bridgehead atoms. The number of para-hydroxylation sites is 1. The molecule has 2 rings (SSSR count). The first-order valence-corrected chi connectivity index (χ1v) is 7.44. The molecule has 1 aliphatic heterocycles. The molecule has 0 amide bonds. The highest BCUT2D eigenvalue weighted by atomic mass is 16.5. The molecule has 0 aromatic heterocycles. The predicted molar refractivity (Wildman–Crippen MR) is 78.1 cm³/mol. The number of ether oxygens (including phenoxy) is 1. The van der Waals surface area contributed by atoms with Gasteiger partial charge in [-0.1, -0.05) is 18.2 Å². The second-order valence-corrected chi connectivity index (χ2v) is 5.19. The largest absolute Gasteiger partial charge is 0.493 e. The van der Waals surface area contributed by atoms with Gasteiger partial charge in [0.1, 0.15) is 5.75 Å². The average Bonchev–Trinajstić information content (AvgIpc) is 2.95. The first-order valence-electron chi connectivity index (χ1n) is 7.44. The van der Waals surface area contributed by atoms with Crippen LogP contribution in [0.15, 0.2) is 24.3 Å². The second-order valence-electron chi connectivity index (χ2n) is 5.19. The van der Waals surface area contributed by atoms with Crippen molar-refractivity contribution in [1.29, 1.82) is 0 Å². The van der Waals surface area contributed by atoms with Gasteiger partial charge < -0.3 is 15.0 Å². The number of hydrogen-bond donors (Lipinski definition) is 1. The van der Waals surface area contributed by atoms with Crippen LogP contribution in [0.4, 0.5) is 0 Å². The molecule has 0 aliphatic carbocycles. The van der Waals surface area contributed by atoms with Gasteiger partial charge in [0.2, 0.25) is 0 Å². The van der Waals surface area contributed by atoms with E-state index in [2.05, 4.69) is 30.1 Å². The highest BCUT2D eigenvalue weighted by Crippen LogP contribution is 2.18. The zero-order valence-corrected chi connectivity index (χ0v) is 11.8. The number of nitrogens with two attached hydrogens (primary N) is 1. The van der Waals surface area contributed by atoms with Crippen LogP contribution < -0.4 is 10.1 Å². The number of rotatable bonds is 8. The van der Waals surface area contributed by atoms with Gasteiger partial charge in [-0.25, -0.2) is 0 Å². The van der Waals surface area contributed by atoms with Gasteiger partial charge in [0.25, 0.3) is 0 Å². The minimum absolute atomic E-state index is 0.821. The van der Waals surface area contributed by atoms with Gasteiger partial charge in [-0.2, -0.15) is 7.05 Å². The van der Waals surface area contributed by atoms with Gasteiger partial charge in [0, 0.05) is 13.0 Å². The third-order valence-corrected chi connectivity index (χ3v) is 3.67. The lowest BCUT2D eigenvalue weighted by atomic mass is 10.1. The van der Waals surface area contributed by atoms with E-state index in [1.54, 1.807) is 0 Å². The van der Waals surface area contributed by atoms with E-state index >= 15 is 0 Å². The molecule has 19 heavy (non-hydrogen) atoms. The van der Waals surface area contributed by atoms with Crippen LogP contribution in [0.5, 0.6) is 5.75 Å². The monoisotopic (exact) mass is 262 g/mol. The molecule has 1 saturated heterocycles. The van der Waals surface area contributed by atoms with Gasteiger partial charge in [0.15, 0.2) is 0 Å². The number of likely N-dealkylation sites (tertiary alicyclic amines) is 1. The fourth-order valence-corrected chi connectivity index (χ4v) is 2.59. The van der Waals surface area contributed by atoms with Crippen molar-refractivity contribution in [3.63, 3.8) is 0 Å². The Morgan fingerprint density at radius 1 is 1.21 bits per heavy atom. The van der Waals surface area contributed by atoms with E-state index < -0.39 is 0 Å². The maximum Gasteiger partial charge on any atom is 0.122 e. The number of benzene rings is 1. The van der Waals surface area contributed by atoms with Gasteiger partial charge in [0.05, 0.1) is 13.2 Å². The Morgan fingerprint density at radius 3 is 2.79 bits per heavy atom. The van der Waals surface area contributed by atoms with Crippen molar-refractivity contribution in [3.05, 3.63) is 36.9 Å². The van der Waals surface area contributed by atoms with Gasteiger partial charge in [-0.05, 0) is 44.0 Å². The Hall–Kier alpha value is -1.06. The third kappa shape index (κ3) is 4.84. The summed E-state index contributed by atoms with van der Waals surface area (Å²) in [6, 6.07) is 8.36. The van der Waals surface area contributed by atoms with Crippen LogP contribution >= 0.6 is 0 Å². The van der Waals surface area contributed by atoms with E-state index in [1.165, 1.54) is 38.0 Å². The Kier molecular flexibility index (Phi) is 6.18. The summed E-state index contributed by atoms with van der Waals surface area (Å²) in [6.45, 7) is 5.55. The molecular weight excluding hydrogens is 236 g/mol. The number of quaternary nitrogens is 1. The molecule has 0 saturated carbocycles. The molecule has 0 atom stereocenters. The summed E-state index contributed by atoms with van der Waals surface area (Å²) in [5.74, 6) is 1.05. The van der Waals surface area contributed by atoms with Crippen molar-refractivity contribution >= 4 is 0 Å². The molecule has 2 N–H and O–H groups in total. The maximum absolute atomic E-state index is 5.93. The highest BCUT2D eigenvalue weighted by molar-refractivity contribution is 5.33. The second kappa shape index (κ2) is 8.18. The topological polar surface area (TPSA) is 29.1 Å². The minimum atomic E-state index is 0.821. The van der Waals surface area contributed by atoms with Crippen molar-refractivity contribution in [2.24, 2.45) is 0 Å². The van der Waals surface area contributed by atoms with Crippen molar-refractivity contribution in [2.45, 2.75) is 25.7 Å². The first kappa shape index (κ1) is 14.4. The van der Waals surface area contributed by atoms with E-state index in [4.69, 9.17) is 4.74 Å². The summed E-state index contributed by atoms with van der Waals surface area (Å²) in [5.41, 5.74) is 1.29. The summed E-state index contributed by atoms with van der Waals surface area (Å²) >= 11 is 0. The molecule has 3 nitrogen and oxygen atoms in total. The molecule has 0 radical (unpaired) electrons. The first-order chi connectivity index (χ1) is 9.40. The smallest absolute Gasteiger partial charge is 0.122 e. The lowest BCUT2D eigenvalue weighted by Gasteiger charge is -2.15. The molecule has 1 heterocycles. The van der Waals surface area contributed by atoms with Crippen molar-refractivity contribution in [2.75, 3.05) is 32.8 Å². The lowest BCUT2D eigenvalue weighted by molar-refractivity contribution is -0.594. The fourth-order valence-electron chi connectivity index (χ4n) is 2.59. The molecule has 1 fully saturated rings. The molecule has 0 unspecified atom stereocenters. The molecule has 1 aromatic rings. The van der Waals surface area contributed by atoms with Crippen LogP contribution in [0, 0.1) is 7.05 Å². The van der Waals surface area contributed by atoms with Crippen molar-refractivity contribution in [1.82, 2.24) is 4.90 Å². The van der Waals surface area contributed by atoms with Crippen LogP contribution in [-0.4, -0.2) is 37.7 Å². The summed E-state index contributed by atoms with van der Waals surface area (Å²) in [5, 5.41) is 1.96. The Balaban J connectivity index is 1.72. The number of nitrogens with zero attached hydrogens (tertiary/aromatic N) is 1. The molecule has 106 valence electrons. The van der Waals surface area contributed by atoms with Gasteiger partial charge in [-0.15, -0.1) is 0 Å². The zero-order chi connectivity index (χ0) is 13.3. The molecule has 0 spiro atoms. The van der Waals surface area contributed by atoms with Crippen LogP contribution in [0.25, 0.3) is 0 Å². The van der Waals surface area contributed by atoms with Crippen molar-refractivity contribution < 1.29 is 10.1 Å². The third-order valence-electron chi connectivity index (χ3n) is 3.67. The Morgan fingerprint density at radius 2 is 2.00 bits per heavy atom. The summed E-state index contributed by atoms with van der Waals surface area (Å²) in [4.78, 5) is 2.53. The van der Waals surface area contributed by atoms with Crippen LogP contribution in [-0.2, 0) is 6.42 Å².